The van der Waals surface area contributed by atoms with E-state index in [2.05, 4.69) is 0 Å². The second-order valence-corrected chi connectivity index (χ2v) is 7.34. The Morgan fingerprint density at radius 1 is 1.26 bits per heavy atom. The molecular formula is C22H26FNO3. The highest BCUT2D eigenvalue weighted by atomic mass is 19.1. The van der Waals surface area contributed by atoms with Crippen LogP contribution in [0.4, 0.5) is 4.39 Å². The van der Waals surface area contributed by atoms with Gasteiger partial charge in [0.15, 0.2) is 0 Å². The Morgan fingerprint density at radius 2 is 2.00 bits per heavy atom. The Balaban J connectivity index is 1.68. The molecule has 1 fully saturated rings. The Labute approximate surface area is 159 Å². The lowest BCUT2D eigenvalue weighted by Crippen LogP contribution is -2.52. The van der Waals surface area contributed by atoms with Crippen LogP contribution in [0.15, 0.2) is 48.5 Å². The fourth-order valence-corrected chi connectivity index (χ4v) is 3.66. The summed E-state index contributed by atoms with van der Waals surface area (Å²) in [6.45, 7) is 3.53. The van der Waals surface area contributed by atoms with Crippen LogP contribution in [0.2, 0.25) is 0 Å². The van der Waals surface area contributed by atoms with Gasteiger partial charge >= 0.3 is 0 Å². The van der Waals surface area contributed by atoms with E-state index in [9.17, 15) is 14.3 Å². The van der Waals surface area contributed by atoms with E-state index in [1.807, 2.05) is 25.1 Å². The van der Waals surface area contributed by atoms with Gasteiger partial charge in [-0.15, -0.1) is 0 Å². The molecule has 4 nitrogen and oxygen atoms in total. The fourth-order valence-electron chi connectivity index (χ4n) is 3.66. The number of halogens is 1. The zero-order chi connectivity index (χ0) is 19.4. The second kappa shape index (κ2) is 8.19. The van der Waals surface area contributed by atoms with Crippen LogP contribution in [0.5, 0.6) is 0 Å². The van der Waals surface area contributed by atoms with Crippen LogP contribution < -0.4 is 0 Å². The lowest BCUT2D eigenvalue weighted by molar-refractivity contribution is -0.0750. The minimum absolute atomic E-state index is 0.0167. The first-order valence-electron chi connectivity index (χ1n) is 9.29. The van der Waals surface area contributed by atoms with Gasteiger partial charge in [0.25, 0.3) is 5.91 Å². The van der Waals surface area contributed by atoms with Crippen LogP contribution in [0.25, 0.3) is 11.1 Å². The average Bonchev–Trinajstić information content (AvgIpc) is 2.68. The highest BCUT2D eigenvalue weighted by molar-refractivity contribution is 5.94. The van der Waals surface area contributed by atoms with Crippen molar-refractivity contribution in [3.05, 3.63) is 59.9 Å². The van der Waals surface area contributed by atoms with Crippen LogP contribution >= 0.6 is 0 Å². The van der Waals surface area contributed by atoms with Gasteiger partial charge in [0.1, 0.15) is 5.82 Å². The van der Waals surface area contributed by atoms with E-state index in [1.165, 1.54) is 12.1 Å². The summed E-state index contributed by atoms with van der Waals surface area (Å²) in [5, 5.41) is 10.8. The number of amides is 1. The molecular weight excluding hydrogens is 345 g/mol. The van der Waals surface area contributed by atoms with Crippen molar-refractivity contribution in [1.82, 2.24) is 4.90 Å². The predicted molar refractivity (Wildman–Crippen MR) is 103 cm³/mol. The molecule has 27 heavy (non-hydrogen) atoms. The van der Waals surface area contributed by atoms with E-state index in [0.717, 1.165) is 11.1 Å². The Hall–Kier alpha value is -2.24. The van der Waals surface area contributed by atoms with Crippen molar-refractivity contribution in [3.8, 4) is 11.1 Å². The van der Waals surface area contributed by atoms with Crippen LogP contribution in [0.1, 0.15) is 30.1 Å². The first-order chi connectivity index (χ1) is 12.9. The number of likely N-dealkylation sites (tertiary alicyclic amines) is 1. The van der Waals surface area contributed by atoms with Crippen molar-refractivity contribution in [2.24, 2.45) is 5.92 Å². The molecule has 2 aromatic carbocycles. The second-order valence-electron chi connectivity index (χ2n) is 7.34. The molecule has 3 rings (SSSR count). The highest BCUT2D eigenvalue weighted by Gasteiger charge is 2.39. The van der Waals surface area contributed by atoms with Crippen molar-refractivity contribution in [3.63, 3.8) is 0 Å². The first-order valence-corrected chi connectivity index (χ1v) is 9.29. The van der Waals surface area contributed by atoms with Crippen molar-refractivity contribution in [1.29, 1.82) is 0 Å². The summed E-state index contributed by atoms with van der Waals surface area (Å²) in [5.74, 6) is -0.339. The van der Waals surface area contributed by atoms with Gasteiger partial charge < -0.3 is 14.7 Å². The minimum Gasteiger partial charge on any atom is -0.389 e. The van der Waals surface area contributed by atoms with Gasteiger partial charge in [-0.1, -0.05) is 31.2 Å². The van der Waals surface area contributed by atoms with Crippen molar-refractivity contribution >= 4 is 5.91 Å². The third kappa shape index (κ3) is 4.37. The minimum atomic E-state index is -0.784. The predicted octanol–water partition coefficient (Wildman–Crippen LogP) is 3.74. The molecule has 1 N–H and O–H groups in total. The SMILES string of the molecule is COCC[C@]1(O)CCN(C(=O)c2ccc(-c3cccc(F)c3)cc2)C[C@H]1C. The molecule has 1 aliphatic rings. The third-order valence-corrected chi connectivity index (χ3v) is 5.54. The molecule has 0 aliphatic carbocycles. The number of ether oxygens (including phenoxy) is 1. The van der Waals surface area contributed by atoms with E-state index >= 15 is 0 Å². The van der Waals surface area contributed by atoms with Gasteiger partial charge in [-0.2, -0.15) is 0 Å². The standard InChI is InChI=1S/C22H26FNO3/c1-16-15-24(12-10-22(16,26)11-13-27-2)21(25)18-8-6-17(7-9-18)19-4-3-5-20(23)14-19/h3-9,14,16,26H,10-13,15H2,1-2H3/t16-,22-/m1/s1. The molecule has 1 saturated heterocycles. The maximum absolute atomic E-state index is 13.4. The molecule has 2 aromatic rings. The van der Waals surface area contributed by atoms with E-state index in [-0.39, 0.29) is 17.6 Å². The monoisotopic (exact) mass is 371 g/mol. The van der Waals surface area contributed by atoms with Crippen LogP contribution in [0, 0.1) is 11.7 Å². The lowest BCUT2D eigenvalue weighted by atomic mass is 9.79. The van der Waals surface area contributed by atoms with Gasteiger partial charge in [-0.25, -0.2) is 4.39 Å². The molecule has 0 aromatic heterocycles. The van der Waals surface area contributed by atoms with Crippen LogP contribution in [0.3, 0.4) is 0 Å². The van der Waals surface area contributed by atoms with Crippen LogP contribution in [-0.4, -0.2) is 48.3 Å². The maximum atomic E-state index is 13.4. The summed E-state index contributed by atoms with van der Waals surface area (Å²) in [6.07, 6.45) is 1.12. The number of rotatable bonds is 5. The van der Waals surface area contributed by atoms with Crippen LogP contribution in [-0.2, 0) is 4.74 Å². The quantitative estimate of drug-likeness (QED) is 0.871. The summed E-state index contributed by atoms with van der Waals surface area (Å²) in [4.78, 5) is 14.6. The highest BCUT2D eigenvalue weighted by Crippen LogP contribution is 2.31. The van der Waals surface area contributed by atoms with Gasteiger partial charge in [0.05, 0.1) is 5.60 Å². The smallest absolute Gasteiger partial charge is 0.253 e. The largest absolute Gasteiger partial charge is 0.389 e. The van der Waals surface area contributed by atoms with Gasteiger partial charge in [-0.3, -0.25) is 4.79 Å². The van der Waals surface area contributed by atoms with Crippen molar-refractivity contribution in [2.75, 3.05) is 26.8 Å². The lowest BCUT2D eigenvalue weighted by Gasteiger charge is -2.43. The Morgan fingerprint density at radius 3 is 2.63 bits per heavy atom. The summed E-state index contributed by atoms with van der Waals surface area (Å²) >= 11 is 0. The fraction of sp³-hybridized carbons (Fsp3) is 0.409. The number of piperidine rings is 1. The molecule has 0 bridgehead atoms. The number of methoxy groups -OCH3 is 1. The molecule has 1 heterocycles. The summed E-state index contributed by atoms with van der Waals surface area (Å²) < 4.78 is 18.5. The number of aliphatic hydroxyl groups is 1. The molecule has 0 radical (unpaired) electrons. The zero-order valence-electron chi connectivity index (χ0n) is 15.8. The number of nitrogens with zero attached hydrogens (tertiary/aromatic N) is 1. The maximum Gasteiger partial charge on any atom is 0.253 e. The summed E-state index contributed by atoms with van der Waals surface area (Å²) in [6, 6.07) is 13.6. The average molecular weight is 371 g/mol. The molecule has 144 valence electrons. The van der Waals surface area contributed by atoms with Crippen molar-refractivity contribution < 1.29 is 19.0 Å². The number of hydrogen-bond donors (Lipinski definition) is 1. The zero-order valence-corrected chi connectivity index (χ0v) is 15.8. The van der Waals surface area contributed by atoms with Gasteiger partial charge in [0.2, 0.25) is 0 Å². The first kappa shape index (κ1) is 19.5. The van der Waals surface area contributed by atoms with E-state index in [1.54, 1.807) is 30.2 Å². The molecule has 0 spiro atoms. The number of carbonyl (C=O) groups excluding carboxylic acids is 1. The number of hydrogen-bond acceptors (Lipinski definition) is 3. The summed E-state index contributed by atoms with van der Waals surface area (Å²) in [7, 11) is 1.63. The molecule has 0 unspecified atom stereocenters. The summed E-state index contributed by atoms with van der Waals surface area (Å²) in [5.41, 5.74) is 1.47. The number of benzene rings is 2. The Kier molecular flexibility index (Phi) is 5.92. The molecule has 1 amide bonds. The molecule has 1 aliphatic heterocycles. The van der Waals surface area contributed by atoms with E-state index < -0.39 is 5.60 Å². The third-order valence-electron chi connectivity index (χ3n) is 5.54. The Bertz CT molecular complexity index is 792. The normalized spacial score (nSPS) is 22.7. The molecule has 2 atom stereocenters. The van der Waals surface area contributed by atoms with E-state index in [4.69, 9.17) is 4.74 Å². The van der Waals surface area contributed by atoms with E-state index in [0.29, 0.717) is 38.1 Å². The van der Waals surface area contributed by atoms with Gasteiger partial charge in [-0.05, 0) is 48.2 Å². The topological polar surface area (TPSA) is 49.8 Å². The number of carbonyl (C=O) groups is 1. The van der Waals surface area contributed by atoms with Crippen molar-refractivity contribution in [2.45, 2.75) is 25.4 Å². The molecule has 5 heteroatoms. The molecule has 0 saturated carbocycles. The van der Waals surface area contributed by atoms with Gasteiger partial charge in [0, 0.05) is 38.3 Å².